The van der Waals surface area contributed by atoms with Crippen molar-refractivity contribution >= 4 is 33.3 Å². The fourth-order valence-corrected chi connectivity index (χ4v) is 3.83. The Bertz CT molecular complexity index is 621. The number of aromatic nitrogens is 2. The van der Waals surface area contributed by atoms with Crippen molar-refractivity contribution in [1.29, 1.82) is 0 Å². The molecule has 21 heavy (non-hydrogen) atoms. The predicted molar refractivity (Wildman–Crippen MR) is 88.0 cm³/mol. The van der Waals surface area contributed by atoms with Crippen LogP contribution in [-0.2, 0) is 11.2 Å². The van der Waals surface area contributed by atoms with Gasteiger partial charge in [0.15, 0.2) is 0 Å². The average Bonchev–Trinajstić information content (AvgIpc) is 2.90. The molecule has 3 heterocycles. The predicted octanol–water partition coefficient (Wildman–Crippen LogP) is 2.70. The molecule has 0 saturated carbocycles. The van der Waals surface area contributed by atoms with Gasteiger partial charge in [-0.1, -0.05) is 6.92 Å². The molecule has 0 aromatic carbocycles. The van der Waals surface area contributed by atoms with E-state index < -0.39 is 0 Å². The minimum Gasteiger partial charge on any atom is -0.381 e. The first-order valence-corrected chi connectivity index (χ1v) is 8.34. The largest absolute Gasteiger partial charge is 0.381 e. The third-order valence-electron chi connectivity index (χ3n) is 3.94. The monoisotopic (exact) mass is 306 g/mol. The first-order valence-electron chi connectivity index (χ1n) is 7.52. The molecule has 0 aliphatic carbocycles. The van der Waals surface area contributed by atoms with E-state index in [2.05, 4.69) is 34.9 Å². The maximum Gasteiger partial charge on any atom is 0.223 e. The van der Waals surface area contributed by atoms with Crippen molar-refractivity contribution < 1.29 is 4.74 Å². The Labute approximate surface area is 129 Å². The number of thiophene rings is 1. The first kappa shape index (κ1) is 14.5. The highest BCUT2D eigenvalue weighted by atomic mass is 32.1. The Balaban J connectivity index is 1.88. The lowest BCUT2D eigenvalue weighted by atomic mass is 10.0. The van der Waals surface area contributed by atoms with Gasteiger partial charge in [0.25, 0.3) is 0 Å². The molecule has 0 spiro atoms. The van der Waals surface area contributed by atoms with Crippen LogP contribution in [0.15, 0.2) is 6.07 Å². The SMILES string of the molecule is CCc1cc2c(N(C)CC3CCCOC3)nc(N)nc2s1. The molecule has 2 aromatic heterocycles. The molecule has 3 rings (SSSR count). The number of rotatable bonds is 4. The number of nitrogens with zero attached hydrogens (tertiary/aromatic N) is 3. The number of anilines is 2. The van der Waals surface area contributed by atoms with Crippen LogP contribution in [0, 0.1) is 5.92 Å². The topological polar surface area (TPSA) is 64.3 Å². The van der Waals surface area contributed by atoms with Gasteiger partial charge in [-0.25, -0.2) is 4.98 Å². The summed E-state index contributed by atoms with van der Waals surface area (Å²) in [6.45, 7) is 4.85. The van der Waals surface area contributed by atoms with Gasteiger partial charge in [-0.3, -0.25) is 0 Å². The second kappa shape index (κ2) is 6.15. The van der Waals surface area contributed by atoms with Crippen LogP contribution in [0.2, 0.25) is 0 Å². The molecule has 2 N–H and O–H groups in total. The summed E-state index contributed by atoms with van der Waals surface area (Å²) >= 11 is 1.71. The van der Waals surface area contributed by atoms with Gasteiger partial charge in [-0.2, -0.15) is 4.98 Å². The molecular weight excluding hydrogens is 284 g/mol. The summed E-state index contributed by atoms with van der Waals surface area (Å²) in [4.78, 5) is 13.3. The van der Waals surface area contributed by atoms with Crippen LogP contribution >= 0.6 is 11.3 Å². The Morgan fingerprint density at radius 3 is 3.05 bits per heavy atom. The minimum absolute atomic E-state index is 0.355. The van der Waals surface area contributed by atoms with Crippen molar-refractivity contribution in [3.05, 3.63) is 10.9 Å². The fourth-order valence-electron chi connectivity index (χ4n) is 2.86. The van der Waals surface area contributed by atoms with Gasteiger partial charge in [-0.15, -0.1) is 11.3 Å². The molecule has 114 valence electrons. The second-order valence-corrected chi connectivity index (χ2v) is 6.77. The first-order chi connectivity index (χ1) is 10.2. The van der Waals surface area contributed by atoms with Gasteiger partial charge in [-0.05, 0) is 31.2 Å². The third-order valence-corrected chi connectivity index (χ3v) is 5.11. The van der Waals surface area contributed by atoms with Crippen LogP contribution in [0.3, 0.4) is 0 Å². The third kappa shape index (κ3) is 3.11. The lowest BCUT2D eigenvalue weighted by Crippen LogP contribution is -2.31. The second-order valence-electron chi connectivity index (χ2n) is 5.65. The molecule has 2 aromatic rings. The number of nitrogens with two attached hydrogens (primary N) is 1. The van der Waals surface area contributed by atoms with Crippen LogP contribution in [0.1, 0.15) is 24.6 Å². The van der Waals surface area contributed by atoms with E-state index in [4.69, 9.17) is 10.5 Å². The summed E-state index contributed by atoms with van der Waals surface area (Å²) < 4.78 is 5.57. The van der Waals surface area contributed by atoms with Crippen LogP contribution in [0.5, 0.6) is 0 Å². The van der Waals surface area contributed by atoms with Crippen LogP contribution in [0.25, 0.3) is 10.2 Å². The highest BCUT2D eigenvalue weighted by Gasteiger charge is 2.19. The van der Waals surface area contributed by atoms with Gasteiger partial charge in [0.2, 0.25) is 5.95 Å². The molecule has 5 nitrogen and oxygen atoms in total. The molecule has 0 bridgehead atoms. The molecule has 0 radical (unpaired) electrons. The zero-order valence-electron chi connectivity index (χ0n) is 12.6. The van der Waals surface area contributed by atoms with Crippen LogP contribution < -0.4 is 10.6 Å². The van der Waals surface area contributed by atoms with Gasteiger partial charge >= 0.3 is 0 Å². The maximum atomic E-state index is 5.88. The van der Waals surface area contributed by atoms with E-state index in [0.29, 0.717) is 11.9 Å². The standard InChI is InChI=1S/C15H22N4OS/c1-3-11-7-12-13(17-15(16)18-14(12)21-11)19(2)8-10-5-4-6-20-9-10/h7,10H,3-6,8-9H2,1-2H3,(H2,16,17,18). The Kier molecular flexibility index (Phi) is 4.26. The van der Waals surface area contributed by atoms with E-state index in [1.54, 1.807) is 11.3 Å². The molecule has 1 saturated heterocycles. The molecule has 1 fully saturated rings. The number of hydrogen-bond donors (Lipinski definition) is 1. The number of aryl methyl sites for hydroxylation is 1. The van der Waals surface area contributed by atoms with Crippen LogP contribution in [0.4, 0.5) is 11.8 Å². The smallest absolute Gasteiger partial charge is 0.223 e. The summed E-state index contributed by atoms with van der Waals surface area (Å²) in [7, 11) is 2.08. The summed E-state index contributed by atoms with van der Waals surface area (Å²) in [6, 6.07) is 2.20. The highest BCUT2D eigenvalue weighted by molar-refractivity contribution is 7.18. The molecule has 1 aliphatic heterocycles. The number of nitrogen functional groups attached to an aromatic ring is 1. The van der Waals surface area contributed by atoms with E-state index in [1.165, 1.54) is 11.3 Å². The van der Waals surface area contributed by atoms with E-state index in [1.807, 2.05) is 0 Å². The zero-order valence-corrected chi connectivity index (χ0v) is 13.4. The summed E-state index contributed by atoms with van der Waals surface area (Å²) in [5.41, 5.74) is 5.88. The summed E-state index contributed by atoms with van der Waals surface area (Å²) in [5, 5.41) is 1.12. The van der Waals surface area contributed by atoms with E-state index in [-0.39, 0.29) is 0 Å². The van der Waals surface area contributed by atoms with Crippen molar-refractivity contribution in [2.45, 2.75) is 26.2 Å². The average molecular weight is 306 g/mol. The molecule has 0 amide bonds. The van der Waals surface area contributed by atoms with Crippen LogP contribution in [-0.4, -0.2) is 36.8 Å². The summed E-state index contributed by atoms with van der Waals surface area (Å²) in [6.07, 6.45) is 3.39. The number of ether oxygens (including phenoxy) is 1. The van der Waals surface area contributed by atoms with Crippen molar-refractivity contribution in [2.75, 3.05) is 37.4 Å². The summed E-state index contributed by atoms with van der Waals surface area (Å²) in [5.74, 6) is 1.87. The molecule has 1 unspecified atom stereocenters. The number of fused-ring (bicyclic) bond motifs is 1. The Hall–Kier alpha value is -1.40. The minimum atomic E-state index is 0.355. The lowest BCUT2D eigenvalue weighted by molar-refractivity contribution is 0.0576. The van der Waals surface area contributed by atoms with E-state index in [9.17, 15) is 0 Å². The number of hydrogen-bond acceptors (Lipinski definition) is 6. The molecule has 1 atom stereocenters. The van der Waals surface area contributed by atoms with Gasteiger partial charge in [0.1, 0.15) is 10.6 Å². The van der Waals surface area contributed by atoms with Crippen molar-refractivity contribution in [2.24, 2.45) is 5.92 Å². The quantitative estimate of drug-likeness (QED) is 0.941. The zero-order chi connectivity index (χ0) is 14.8. The van der Waals surface area contributed by atoms with Gasteiger partial charge in [0, 0.05) is 25.1 Å². The Morgan fingerprint density at radius 2 is 2.33 bits per heavy atom. The van der Waals surface area contributed by atoms with Gasteiger partial charge in [0.05, 0.1) is 12.0 Å². The fraction of sp³-hybridized carbons (Fsp3) is 0.600. The normalized spacial score (nSPS) is 19.0. The van der Waals surface area contributed by atoms with E-state index >= 15 is 0 Å². The molecular formula is C15H22N4OS. The van der Waals surface area contributed by atoms with Crippen molar-refractivity contribution in [3.8, 4) is 0 Å². The van der Waals surface area contributed by atoms with Crippen molar-refractivity contribution in [3.63, 3.8) is 0 Å². The highest BCUT2D eigenvalue weighted by Crippen LogP contribution is 2.32. The maximum absolute atomic E-state index is 5.88. The van der Waals surface area contributed by atoms with E-state index in [0.717, 1.165) is 48.6 Å². The Morgan fingerprint density at radius 1 is 1.48 bits per heavy atom. The molecule has 1 aliphatic rings. The molecule has 6 heteroatoms. The lowest BCUT2D eigenvalue weighted by Gasteiger charge is -2.28. The van der Waals surface area contributed by atoms with Crippen molar-refractivity contribution in [1.82, 2.24) is 9.97 Å². The van der Waals surface area contributed by atoms with Gasteiger partial charge < -0.3 is 15.4 Å².